The van der Waals surface area contributed by atoms with Gasteiger partial charge in [0.25, 0.3) is 0 Å². The van der Waals surface area contributed by atoms with E-state index in [-0.39, 0.29) is 0 Å². The van der Waals surface area contributed by atoms with E-state index in [1.807, 2.05) is 12.1 Å². The van der Waals surface area contributed by atoms with Crippen LogP contribution in [0.3, 0.4) is 0 Å². The smallest absolute Gasteiger partial charge is 0.0612 e. The van der Waals surface area contributed by atoms with Gasteiger partial charge in [0, 0.05) is 31.9 Å². The van der Waals surface area contributed by atoms with Gasteiger partial charge in [0.1, 0.15) is 0 Å². The van der Waals surface area contributed by atoms with Gasteiger partial charge in [0.15, 0.2) is 0 Å². The van der Waals surface area contributed by atoms with E-state index in [0.29, 0.717) is 10.0 Å². The van der Waals surface area contributed by atoms with Crippen LogP contribution in [-0.2, 0) is 6.42 Å². The van der Waals surface area contributed by atoms with Gasteiger partial charge in [-0.05, 0) is 43.1 Å². The Kier molecular flexibility index (Phi) is 5.82. The van der Waals surface area contributed by atoms with Gasteiger partial charge in [-0.3, -0.25) is 4.90 Å². The molecule has 0 N–H and O–H groups in total. The quantitative estimate of drug-likeness (QED) is 0.769. The monoisotopic (exact) mass is 348 g/mol. The fourth-order valence-electron chi connectivity index (χ4n) is 3.06. The van der Waals surface area contributed by atoms with Crippen molar-refractivity contribution in [2.45, 2.75) is 12.8 Å². The summed E-state index contributed by atoms with van der Waals surface area (Å²) in [5, 5.41) is 1.25. The van der Waals surface area contributed by atoms with Crippen molar-refractivity contribution in [3.05, 3.63) is 64.1 Å². The third-order valence-corrected chi connectivity index (χ3v) is 5.16. The van der Waals surface area contributed by atoms with Gasteiger partial charge in [-0.15, -0.1) is 0 Å². The molecular formula is C19H22Cl2N2. The molecule has 1 aliphatic rings. The summed E-state index contributed by atoms with van der Waals surface area (Å²) in [6, 6.07) is 16.6. The number of benzene rings is 2. The molecule has 0 atom stereocenters. The normalized spacial score (nSPS) is 15.8. The molecule has 1 saturated heterocycles. The fraction of sp³-hybridized carbons (Fsp3) is 0.368. The average Bonchev–Trinajstić information content (AvgIpc) is 2.59. The minimum atomic E-state index is 0.620. The van der Waals surface area contributed by atoms with E-state index in [2.05, 4.69) is 46.2 Å². The van der Waals surface area contributed by atoms with Crippen LogP contribution in [0.5, 0.6) is 0 Å². The van der Waals surface area contributed by atoms with Crippen molar-refractivity contribution in [3.8, 4) is 0 Å². The Balaban J connectivity index is 1.44. The van der Waals surface area contributed by atoms with Crippen LogP contribution in [0.25, 0.3) is 0 Å². The van der Waals surface area contributed by atoms with Crippen molar-refractivity contribution in [2.75, 3.05) is 37.6 Å². The standard InChI is InChI=1S/C19H22Cl2N2/c20-18-9-8-17(15-19(18)21)23-13-11-22(12-14-23)10-4-7-16-5-2-1-3-6-16/h1-3,5-6,8-9,15H,4,7,10-14H2. The van der Waals surface area contributed by atoms with Crippen LogP contribution in [0.1, 0.15) is 12.0 Å². The predicted molar refractivity (Wildman–Crippen MR) is 99.9 cm³/mol. The summed E-state index contributed by atoms with van der Waals surface area (Å²) in [5.41, 5.74) is 2.60. The van der Waals surface area contributed by atoms with Crippen LogP contribution in [0.2, 0.25) is 10.0 Å². The molecule has 4 heteroatoms. The Morgan fingerprint density at radius 2 is 1.57 bits per heavy atom. The van der Waals surface area contributed by atoms with E-state index in [1.54, 1.807) is 0 Å². The lowest BCUT2D eigenvalue weighted by atomic mass is 10.1. The highest BCUT2D eigenvalue weighted by atomic mass is 35.5. The molecule has 2 aromatic rings. The maximum atomic E-state index is 6.12. The van der Waals surface area contributed by atoms with Gasteiger partial charge in [-0.2, -0.15) is 0 Å². The molecule has 1 heterocycles. The summed E-state index contributed by atoms with van der Waals surface area (Å²) in [7, 11) is 0. The highest BCUT2D eigenvalue weighted by Crippen LogP contribution is 2.27. The minimum Gasteiger partial charge on any atom is -0.369 e. The SMILES string of the molecule is Clc1ccc(N2CCN(CCCc3ccccc3)CC2)cc1Cl. The second-order valence-corrected chi connectivity index (χ2v) is 6.83. The van der Waals surface area contributed by atoms with Gasteiger partial charge in [-0.1, -0.05) is 53.5 Å². The molecule has 2 aromatic carbocycles. The molecule has 0 aliphatic carbocycles. The number of halogens is 2. The molecule has 3 rings (SSSR count). The van der Waals surface area contributed by atoms with Gasteiger partial charge in [0.2, 0.25) is 0 Å². The van der Waals surface area contributed by atoms with Crippen LogP contribution in [0.4, 0.5) is 5.69 Å². The lowest BCUT2D eigenvalue weighted by Crippen LogP contribution is -2.46. The lowest BCUT2D eigenvalue weighted by Gasteiger charge is -2.36. The fourth-order valence-corrected chi connectivity index (χ4v) is 3.36. The molecule has 0 radical (unpaired) electrons. The summed E-state index contributed by atoms with van der Waals surface area (Å²) in [4.78, 5) is 4.94. The van der Waals surface area contributed by atoms with Gasteiger partial charge >= 0.3 is 0 Å². The number of rotatable bonds is 5. The second kappa shape index (κ2) is 8.05. The maximum absolute atomic E-state index is 6.12. The van der Waals surface area contributed by atoms with Crippen LogP contribution in [-0.4, -0.2) is 37.6 Å². The van der Waals surface area contributed by atoms with E-state index in [0.717, 1.165) is 32.6 Å². The Morgan fingerprint density at radius 1 is 0.826 bits per heavy atom. The minimum absolute atomic E-state index is 0.620. The highest BCUT2D eigenvalue weighted by molar-refractivity contribution is 6.42. The summed E-state index contributed by atoms with van der Waals surface area (Å²) in [6.07, 6.45) is 2.38. The van der Waals surface area contributed by atoms with Gasteiger partial charge in [-0.25, -0.2) is 0 Å². The van der Waals surface area contributed by atoms with E-state index >= 15 is 0 Å². The number of nitrogens with zero attached hydrogens (tertiary/aromatic N) is 2. The van der Waals surface area contributed by atoms with Crippen LogP contribution in [0, 0.1) is 0 Å². The van der Waals surface area contributed by atoms with E-state index < -0.39 is 0 Å². The predicted octanol–water partition coefficient (Wildman–Crippen LogP) is 4.75. The molecule has 0 spiro atoms. The maximum Gasteiger partial charge on any atom is 0.0612 e. The second-order valence-electron chi connectivity index (χ2n) is 6.02. The van der Waals surface area contributed by atoms with E-state index in [9.17, 15) is 0 Å². The number of hydrogen-bond donors (Lipinski definition) is 0. The molecule has 23 heavy (non-hydrogen) atoms. The van der Waals surface area contributed by atoms with Crippen molar-refractivity contribution in [1.82, 2.24) is 4.90 Å². The molecule has 2 nitrogen and oxygen atoms in total. The van der Waals surface area contributed by atoms with Crippen molar-refractivity contribution < 1.29 is 0 Å². The van der Waals surface area contributed by atoms with Gasteiger partial charge < -0.3 is 4.90 Å². The average molecular weight is 349 g/mol. The number of anilines is 1. The lowest BCUT2D eigenvalue weighted by molar-refractivity contribution is 0.255. The Bertz CT molecular complexity index is 623. The van der Waals surface area contributed by atoms with Crippen LogP contribution < -0.4 is 4.90 Å². The molecule has 0 aromatic heterocycles. The largest absolute Gasteiger partial charge is 0.369 e. The van der Waals surface area contributed by atoms with E-state index in [4.69, 9.17) is 23.2 Å². The number of aryl methyl sites for hydroxylation is 1. The highest BCUT2D eigenvalue weighted by Gasteiger charge is 2.17. The summed E-state index contributed by atoms with van der Waals surface area (Å²) in [6.45, 7) is 5.47. The zero-order valence-electron chi connectivity index (χ0n) is 13.2. The van der Waals surface area contributed by atoms with Crippen LogP contribution in [0.15, 0.2) is 48.5 Å². The summed E-state index contributed by atoms with van der Waals surface area (Å²) < 4.78 is 0. The van der Waals surface area contributed by atoms with Crippen molar-refractivity contribution >= 4 is 28.9 Å². The Hall–Kier alpha value is -1.22. The zero-order valence-corrected chi connectivity index (χ0v) is 14.7. The molecule has 0 saturated carbocycles. The first kappa shape index (κ1) is 16.6. The zero-order chi connectivity index (χ0) is 16.1. The van der Waals surface area contributed by atoms with Gasteiger partial charge in [0.05, 0.1) is 10.0 Å². The molecule has 1 aliphatic heterocycles. The topological polar surface area (TPSA) is 6.48 Å². The molecule has 122 valence electrons. The van der Waals surface area contributed by atoms with Crippen molar-refractivity contribution in [3.63, 3.8) is 0 Å². The third kappa shape index (κ3) is 4.63. The molecular weight excluding hydrogens is 327 g/mol. The molecule has 1 fully saturated rings. The summed E-state index contributed by atoms with van der Waals surface area (Å²) >= 11 is 12.1. The Labute approximate surface area is 148 Å². The van der Waals surface area contributed by atoms with Crippen molar-refractivity contribution in [1.29, 1.82) is 0 Å². The first-order chi connectivity index (χ1) is 11.2. The number of piperazine rings is 1. The third-order valence-electron chi connectivity index (χ3n) is 4.42. The summed E-state index contributed by atoms with van der Waals surface area (Å²) in [5.74, 6) is 0. The molecule has 0 amide bonds. The van der Waals surface area contributed by atoms with E-state index in [1.165, 1.54) is 24.2 Å². The molecule has 0 unspecified atom stereocenters. The molecule has 0 bridgehead atoms. The van der Waals surface area contributed by atoms with Crippen molar-refractivity contribution in [2.24, 2.45) is 0 Å². The Morgan fingerprint density at radius 3 is 2.26 bits per heavy atom. The first-order valence-electron chi connectivity index (χ1n) is 8.18. The first-order valence-corrected chi connectivity index (χ1v) is 8.94. The van der Waals surface area contributed by atoms with Crippen LogP contribution >= 0.6 is 23.2 Å². The number of hydrogen-bond acceptors (Lipinski definition) is 2.